The quantitative estimate of drug-likeness (QED) is 0.641. The van der Waals surface area contributed by atoms with E-state index in [-0.39, 0.29) is 0 Å². The van der Waals surface area contributed by atoms with E-state index >= 15 is 0 Å². The number of hydrogen-bond acceptors (Lipinski definition) is 1. The highest BCUT2D eigenvalue weighted by Gasteiger charge is 1.96. The van der Waals surface area contributed by atoms with Crippen molar-refractivity contribution in [1.82, 2.24) is 4.98 Å². The van der Waals surface area contributed by atoms with Gasteiger partial charge in [-0.2, -0.15) is 0 Å². The van der Waals surface area contributed by atoms with E-state index in [2.05, 4.69) is 4.98 Å². The van der Waals surface area contributed by atoms with Gasteiger partial charge in [-0.05, 0) is 25.1 Å². The molecule has 0 aliphatic rings. The molecular weight excluding hydrogens is 158 g/mol. The molecule has 0 saturated carbocycles. The zero-order chi connectivity index (χ0) is 9.80. The third-order valence-electron chi connectivity index (χ3n) is 1.89. The second-order valence-corrected chi connectivity index (χ2v) is 2.92. The lowest BCUT2D eigenvalue weighted by Crippen LogP contribution is -1.81. The van der Waals surface area contributed by atoms with Crippen LogP contribution in [0.25, 0.3) is 11.3 Å². The van der Waals surface area contributed by atoms with Gasteiger partial charge >= 0.3 is 0 Å². The minimum atomic E-state index is 0.320. The van der Waals surface area contributed by atoms with Gasteiger partial charge in [0.15, 0.2) is 0 Å². The Balaban J connectivity index is 2.42. The SMILES string of the molecule is [2H]Cc1cccc(-c2ccccn2)c1. The van der Waals surface area contributed by atoms with E-state index in [0.29, 0.717) is 6.90 Å². The molecule has 0 amide bonds. The molecule has 0 aliphatic heterocycles. The summed E-state index contributed by atoms with van der Waals surface area (Å²) in [6, 6.07) is 13.8. The van der Waals surface area contributed by atoms with E-state index in [4.69, 9.17) is 1.37 Å². The van der Waals surface area contributed by atoms with Gasteiger partial charge in [0.1, 0.15) is 0 Å². The topological polar surface area (TPSA) is 12.9 Å². The normalized spacial score (nSPS) is 10.9. The lowest BCUT2D eigenvalue weighted by Gasteiger charge is -2.00. The predicted octanol–water partition coefficient (Wildman–Crippen LogP) is 3.06. The van der Waals surface area contributed by atoms with Crippen LogP contribution in [0.15, 0.2) is 48.7 Å². The van der Waals surface area contributed by atoms with E-state index in [1.165, 1.54) is 0 Å². The van der Waals surface area contributed by atoms with Crippen molar-refractivity contribution in [2.24, 2.45) is 0 Å². The fourth-order valence-electron chi connectivity index (χ4n) is 1.26. The largest absolute Gasteiger partial charge is 0.256 e. The number of hydrogen-bond donors (Lipinski definition) is 0. The van der Waals surface area contributed by atoms with E-state index in [1.807, 2.05) is 42.5 Å². The average Bonchev–Trinajstić information content (AvgIpc) is 2.30. The average molecular weight is 170 g/mol. The molecule has 13 heavy (non-hydrogen) atoms. The molecule has 1 aromatic heterocycles. The van der Waals surface area contributed by atoms with Crippen LogP contribution in [-0.2, 0) is 0 Å². The van der Waals surface area contributed by atoms with Crippen molar-refractivity contribution < 1.29 is 1.37 Å². The molecule has 0 spiro atoms. The fourth-order valence-corrected chi connectivity index (χ4v) is 1.26. The van der Waals surface area contributed by atoms with Crippen LogP contribution in [0.3, 0.4) is 0 Å². The Kier molecular flexibility index (Phi) is 1.79. The van der Waals surface area contributed by atoms with Crippen molar-refractivity contribution in [3.63, 3.8) is 0 Å². The minimum Gasteiger partial charge on any atom is -0.256 e. The summed E-state index contributed by atoms with van der Waals surface area (Å²) in [6.07, 6.45) is 1.78. The molecule has 1 aromatic carbocycles. The highest BCUT2D eigenvalue weighted by Crippen LogP contribution is 2.16. The third kappa shape index (κ3) is 1.75. The summed E-state index contributed by atoms with van der Waals surface area (Å²) in [6.45, 7) is 0.320. The van der Waals surface area contributed by atoms with Crippen LogP contribution in [0.5, 0.6) is 0 Å². The number of nitrogens with zero attached hydrogens (tertiary/aromatic N) is 1. The molecule has 64 valence electrons. The molecule has 0 bridgehead atoms. The Bertz CT molecular complexity index is 412. The molecule has 1 nitrogen and oxygen atoms in total. The summed E-state index contributed by atoms with van der Waals surface area (Å²) in [5.41, 5.74) is 3.06. The Labute approximate surface area is 79.5 Å². The highest BCUT2D eigenvalue weighted by atomic mass is 14.7. The number of rotatable bonds is 1. The zero-order valence-corrected chi connectivity index (χ0v) is 7.27. The van der Waals surface area contributed by atoms with E-state index in [9.17, 15) is 0 Å². The molecule has 1 heteroatoms. The molecule has 0 N–H and O–H groups in total. The summed E-state index contributed by atoms with van der Waals surface area (Å²) >= 11 is 0. The first-order valence-corrected chi connectivity index (χ1v) is 4.20. The Morgan fingerprint density at radius 3 is 2.92 bits per heavy atom. The first-order chi connectivity index (χ1) is 6.90. The number of benzene rings is 1. The first kappa shape index (κ1) is 6.84. The molecule has 2 aromatic rings. The molecular formula is C12H11N. The molecule has 2 rings (SSSR count). The van der Waals surface area contributed by atoms with Crippen molar-refractivity contribution >= 4 is 0 Å². The predicted molar refractivity (Wildman–Crippen MR) is 54.4 cm³/mol. The maximum atomic E-state index is 7.28. The van der Waals surface area contributed by atoms with Crippen LogP contribution < -0.4 is 0 Å². The van der Waals surface area contributed by atoms with Crippen molar-refractivity contribution in [2.45, 2.75) is 6.90 Å². The minimum absolute atomic E-state index is 0.320. The van der Waals surface area contributed by atoms with Gasteiger partial charge in [-0.3, -0.25) is 4.98 Å². The van der Waals surface area contributed by atoms with Gasteiger partial charge < -0.3 is 0 Å². The zero-order valence-electron chi connectivity index (χ0n) is 8.27. The summed E-state index contributed by atoms with van der Waals surface area (Å²) < 4.78 is 7.28. The van der Waals surface area contributed by atoms with Crippen LogP contribution in [0.2, 0.25) is 0 Å². The second kappa shape index (κ2) is 3.40. The number of pyridine rings is 1. The molecule has 0 unspecified atom stereocenters. The molecule has 0 fully saturated rings. The van der Waals surface area contributed by atoms with Crippen LogP contribution in [0.4, 0.5) is 0 Å². The Morgan fingerprint density at radius 2 is 2.15 bits per heavy atom. The van der Waals surface area contributed by atoms with Gasteiger partial charge in [0.25, 0.3) is 0 Å². The van der Waals surface area contributed by atoms with Crippen LogP contribution in [0.1, 0.15) is 6.93 Å². The molecule has 0 radical (unpaired) electrons. The Hall–Kier alpha value is -1.63. The smallest absolute Gasteiger partial charge is 0.0702 e. The van der Waals surface area contributed by atoms with Gasteiger partial charge in [0.05, 0.1) is 5.69 Å². The van der Waals surface area contributed by atoms with Crippen LogP contribution in [0, 0.1) is 6.90 Å². The lowest BCUT2D eigenvalue weighted by molar-refractivity contribution is 1.32. The van der Waals surface area contributed by atoms with E-state index in [1.54, 1.807) is 6.20 Å². The molecule has 1 heterocycles. The number of aromatic nitrogens is 1. The molecule has 0 atom stereocenters. The summed E-state index contributed by atoms with van der Waals surface area (Å²) in [5.74, 6) is 0. The van der Waals surface area contributed by atoms with Gasteiger partial charge in [-0.25, -0.2) is 0 Å². The third-order valence-corrected chi connectivity index (χ3v) is 1.89. The first-order valence-electron chi connectivity index (χ1n) is 4.90. The standard InChI is InChI=1S/C12H11N/c1-10-5-4-6-11(9-10)12-7-2-3-8-13-12/h2-9H,1H3/i1D. The Morgan fingerprint density at radius 1 is 1.15 bits per heavy atom. The van der Waals surface area contributed by atoms with E-state index < -0.39 is 0 Å². The monoisotopic (exact) mass is 170 g/mol. The molecule has 0 saturated heterocycles. The summed E-state index contributed by atoms with van der Waals surface area (Å²) in [5, 5.41) is 0. The van der Waals surface area contributed by atoms with Gasteiger partial charge in [0, 0.05) is 13.1 Å². The van der Waals surface area contributed by atoms with Gasteiger partial charge in [-0.15, -0.1) is 0 Å². The maximum absolute atomic E-state index is 7.28. The van der Waals surface area contributed by atoms with Gasteiger partial charge in [0.2, 0.25) is 0 Å². The van der Waals surface area contributed by atoms with Crippen molar-refractivity contribution in [1.29, 1.82) is 0 Å². The summed E-state index contributed by atoms with van der Waals surface area (Å²) in [7, 11) is 0. The van der Waals surface area contributed by atoms with Crippen LogP contribution in [-0.4, -0.2) is 4.98 Å². The second-order valence-electron chi connectivity index (χ2n) is 2.92. The maximum Gasteiger partial charge on any atom is 0.0702 e. The fraction of sp³-hybridized carbons (Fsp3) is 0.0833. The number of aryl methyl sites for hydroxylation is 1. The van der Waals surface area contributed by atoms with Gasteiger partial charge in [-0.1, -0.05) is 29.8 Å². The van der Waals surface area contributed by atoms with Crippen molar-refractivity contribution in [2.75, 3.05) is 0 Å². The van der Waals surface area contributed by atoms with Crippen molar-refractivity contribution in [3.8, 4) is 11.3 Å². The lowest BCUT2D eigenvalue weighted by atomic mass is 10.1. The van der Waals surface area contributed by atoms with E-state index in [0.717, 1.165) is 16.8 Å². The van der Waals surface area contributed by atoms with Crippen molar-refractivity contribution in [3.05, 3.63) is 54.2 Å². The van der Waals surface area contributed by atoms with Crippen LogP contribution >= 0.6 is 0 Å². The summed E-state index contributed by atoms with van der Waals surface area (Å²) in [4.78, 5) is 4.26. The molecule has 0 aliphatic carbocycles. The highest BCUT2D eigenvalue weighted by molar-refractivity contribution is 5.59.